The first-order valence-electron chi connectivity index (χ1n) is 5.50. The van der Waals surface area contributed by atoms with Gasteiger partial charge in [-0.05, 0) is 30.3 Å². The highest BCUT2D eigenvalue weighted by Gasteiger charge is 2.12. The Labute approximate surface area is 113 Å². The Morgan fingerprint density at radius 2 is 2.00 bits per heavy atom. The number of aromatic carboxylic acids is 1. The predicted molar refractivity (Wildman–Crippen MR) is 70.8 cm³/mol. The zero-order chi connectivity index (χ0) is 13.4. The van der Waals surface area contributed by atoms with Crippen molar-refractivity contribution in [2.45, 2.75) is 0 Å². The molecule has 5 nitrogen and oxygen atoms in total. The Balaban J connectivity index is 2.27. The van der Waals surface area contributed by atoms with E-state index in [0.717, 1.165) is 0 Å². The van der Waals surface area contributed by atoms with E-state index in [1.807, 2.05) is 12.1 Å². The first-order chi connectivity index (χ1) is 9.16. The van der Waals surface area contributed by atoms with Crippen LogP contribution in [0.1, 0.15) is 10.4 Å². The molecule has 0 bridgehead atoms. The quantitative estimate of drug-likeness (QED) is 0.779. The second-order valence-corrected chi connectivity index (χ2v) is 4.37. The van der Waals surface area contributed by atoms with Gasteiger partial charge < -0.3 is 5.11 Å². The van der Waals surface area contributed by atoms with E-state index in [4.69, 9.17) is 16.7 Å². The number of carbonyl (C=O) groups is 1. The number of nitrogens with zero attached hydrogens (tertiary/aromatic N) is 3. The van der Waals surface area contributed by atoms with Crippen LogP contribution in [0.4, 0.5) is 0 Å². The van der Waals surface area contributed by atoms with Gasteiger partial charge >= 0.3 is 5.97 Å². The average molecular weight is 274 g/mol. The number of hydrogen-bond acceptors (Lipinski definition) is 3. The van der Waals surface area contributed by atoms with Crippen LogP contribution in [0.3, 0.4) is 0 Å². The maximum absolute atomic E-state index is 11.0. The van der Waals surface area contributed by atoms with Gasteiger partial charge in [0.15, 0.2) is 0 Å². The summed E-state index contributed by atoms with van der Waals surface area (Å²) in [6.07, 6.45) is 0. The van der Waals surface area contributed by atoms with E-state index in [0.29, 0.717) is 21.7 Å². The maximum atomic E-state index is 11.0. The maximum Gasteiger partial charge on any atom is 0.335 e. The minimum absolute atomic E-state index is 0.183. The van der Waals surface area contributed by atoms with Crippen LogP contribution in [-0.4, -0.2) is 26.1 Å². The van der Waals surface area contributed by atoms with Crippen LogP contribution >= 0.6 is 11.6 Å². The highest BCUT2D eigenvalue weighted by Crippen LogP contribution is 2.23. The molecule has 0 aliphatic carbocycles. The standard InChI is InChI=1S/C13H8ClN3O2/c14-9-3-1-2-4-11(9)17-12-7-8(13(18)19)5-6-10(12)15-16-17/h1-7H,(H,18,19). The van der Waals surface area contributed by atoms with Gasteiger partial charge in [0.25, 0.3) is 0 Å². The molecule has 94 valence electrons. The Morgan fingerprint density at radius 3 is 2.74 bits per heavy atom. The first kappa shape index (κ1) is 11.7. The van der Waals surface area contributed by atoms with E-state index in [1.165, 1.54) is 16.8 Å². The van der Waals surface area contributed by atoms with Gasteiger partial charge in [0.2, 0.25) is 0 Å². The van der Waals surface area contributed by atoms with Crippen LogP contribution in [0.5, 0.6) is 0 Å². The van der Waals surface area contributed by atoms with Crippen molar-refractivity contribution in [3.8, 4) is 5.69 Å². The van der Waals surface area contributed by atoms with E-state index in [1.54, 1.807) is 18.2 Å². The topological polar surface area (TPSA) is 68.0 Å². The summed E-state index contributed by atoms with van der Waals surface area (Å²) in [6, 6.07) is 11.8. The molecule has 6 heteroatoms. The lowest BCUT2D eigenvalue weighted by molar-refractivity contribution is 0.0697. The van der Waals surface area contributed by atoms with Crippen molar-refractivity contribution in [2.75, 3.05) is 0 Å². The summed E-state index contributed by atoms with van der Waals surface area (Å²) in [4.78, 5) is 11.0. The normalized spacial score (nSPS) is 10.8. The summed E-state index contributed by atoms with van der Waals surface area (Å²) in [5.74, 6) is -0.992. The number of halogens is 1. The molecule has 2 aromatic carbocycles. The smallest absolute Gasteiger partial charge is 0.335 e. The van der Waals surface area contributed by atoms with E-state index in [2.05, 4.69) is 10.3 Å². The number of benzene rings is 2. The summed E-state index contributed by atoms with van der Waals surface area (Å²) >= 11 is 6.11. The second kappa shape index (κ2) is 4.37. The number of para-hydroxylation sites is 1. The van der Waals surface area contributed by atoms with E-state index in [-0.39, 0.29) is 5.56 Å². The molecule has 1 aromatic heterocycles. The SMILES string of the molecule is O=C(O)c1ccc2nnn(-c3ccccc3Cl)c2c1. The van der Waals surface area contributed by atoms with E-state index >= 15 is 0 Å². The van der Waals surface area contributed by atoms with Crippen LogP contribution in [0.15, 0.2) is 42.5 Å². The molecule has 3 aromatic rings. The Hall–Kier alpha value is -2.40. The molecule has 0 saturated heterocycles. The number of rotatable bonds is 2. The van der Waals surface area contributed by atoms with Crippen molar-refractivity contribution < 1.29 is 9.90 Å². The molecule has 0 saturated carbocycles. The molecule has 0 amide bonds. The first-order valence-corrected chi connectivity index (χ1v) is 5.88. The van der Waals surface area contributed by atoms with Crippen LogP contribution in [-0.2, 0) is 0 Å². The lowest BCUT2D eigenvalue weighted by Gasteiger charge is -2.04. The fourth-order valence-electron chi connectivity index (χ4n) is 1.85. The van der Waals surface area contributed by atoms with Crippen molar-refractivity contribution in [1.82, 2.24) is 15.0 Å². The van der Waals surface area contributed by atoms with Crippen molar-refractivity contribution in [2.24, 2.45) is 0 Å². The number of carboxylic acids is 1. The Kier molecular flexibility index (Phi) is 2.68. The molecule has 0 aliphatic heterocycles. The van der Waals surface area contributed by atoms with E-state index in [9.17, 15) is 4.79 Å². The molecule has 0 fully saturated rings. The lowest BCUT2D eigenvalue weighted by atomic mass is 10.2. The van der Waals surface area contributed by atoms with E-state index < -0.39 is 5.97 Å². The molecule has 0 aliphatic rings. The fourth-order valence-corrected chi connectivity index (χ4v) is 2.07. The number of hydrogen-bond donors (Lipinski definition) is 1. The summed E-state index contributed by atoms with van der Waals surface area (Å²) < 4.78 is 1.53. The fraction of sp³-hybridized carbons (Fsp3) is 0. The van der Waals surface area contributed by atoms with Crippen LogP contribution in [0.25, 0.3) is 16.7 Å². The highest BCUT2D eigenvalue weighted by atomic mass is 35.5. The van der Waals surface area contributed by atoms with Crippen molar-refractivity contribution in [3.63, 3.8) is 0 Å². The molecular weight excluding hydrogens is 266 g/mol. The third-order valence-electron chi connectivity index (χ3n) is 2.77. The molecule has 19 heavy (non-hydrogen) atoms. The number of fused-ring (bicyclic) bond motifs is 1. The second-order valence-electron chi connectivity index (χ2n) is 3.96. The van der Waals surface area contributed by atoms with Crippen LogP contribution in [0, 0.1) is 0 Å². The van der Waals surface area contributed by atoms with Gasteiger partial charge in [-0.3, -0.25) is 0 Å². The summed E-state index contributed by atoms with van der Waals surface area (Å²) in [7, 11) is 0. The van der Waals surface area contributed by atoms with Gasteiger partial charge in [-0.2, -0.15) is 0 Å². The number of carboxylic acid groups (broad SMARTS) is 1. The summed E-state index contributed by atoms with van der Waals surface area (Å²) in [5.41, 5.74) is 2.07. The zero-order valence-electron chi connectivity index (χ0n) is 9.62. The minimum atomic E-state index is -0.992. The molecule has 1 N–H and O–H groups in total. The third-order valence-corrected chi connectivity index (χ3v) is 3.09. The van der Waals surface area contributed by atoms with Gasteiger partial charge in [0.05, 0.1) is 21.8 Å². The van der Waals surface area contributed by atoms with Gasteiger partial charge in [0, 0.05) is 0 Å². The molecule has 1 heterocycles. The van der Waals surface area contributed by atoms with Crippen molar-refractivity contribution in [1.29, 1.82) is 0 Å². The van der Waals surface area contributed by atoms with Gasteiger partial charge in [-0.15, -0.1) is 5.10 Å². The van der Waals surface area contributed by atoms with Gasteiger partial charge in [0.1, 0.15) is 5.52 Å². The lowest BCUT2D eigenvalue weighted by Crippen LogP contribution is -1.99. The Morgan fingerprint density at radius 1 is 1.21 bits per heavy atom. The molecule has 0 atom stereocenters. The van der Waals surface area contributed by atoms with Crippen molar-refractivity contribution >= 4 is 28.6 Å². The molecular formula is C13H8ClN3O2. The minimum Gasteiger partial charge on any atom is -0.478 e. The van der Waals surface area contributed by atoms with Gasteiger partial charge in [-0.25, -0.2) is 9.48 Å². The highest BCUT2D eigenvalue weighted by molar-refractivity contribution is 6.32. The Bertz CT molecular complexity index is 782. The van der Waals surface area contributed by atoms with Gasteiger partial charge in [-0.1, -0.05) is 28.9 Å². The average Bonchev–Trinajstić information content (AvgIpc) is 2.82. The summed E-state index contributed by atoms with van der Waals surface area (Å²) in [6.45, 7) is 0. The molecule has 3 rings (SSSR count). The van der Waals surface area contributed by atoms with Crippen LogP contribution in [0.2, 0.25) is 5.02 Å². The zero-order valence-corrected chi connectivity index (χ0v) is 10.4. The molecule has 0 radical (unpaired) electrons. The third kappa shape index (κ3) is 1.94. The monoisotopic (exact) mass is 273 g/mol. The largest absolute Gasteiger partial charge is 0.478 e. The molecule has 0 unspecified atom stereocenters. The van der Waals surface area contributed by atoms with Crippen molar-refractivity contribution in [3.05, 3.63) is 53.1 Å². The summed E-state index contributed by atoms with van der Waals surface area (Å²) in [5, 5.41) is 17.6. The van der Waals surface area contributed by atoms with Crippen LogP contribution < -0.4 is 0 Å². The number of aromatic nitrogens is 3. The molecule has 0 spiro atoms. The predicted octanol–water partition coefficient (Wildman–Crippen LogP) is 2.77.